The van der Waals surface area contributed by atoms with E-state index in [1.807, 2.05) is 32.9 Å². The van der Waals surface area contributed by atoms with Crippen molar-refractivity contribution in [1.29, 1.82) is 0 Å². The van der Waals surface area contributed by atoms with Crippen LogP contribution in [0.15, 0.2) is 22.7 Å². The number of aryl methyl sites for hydroxylation is 1. The topological polar surface area (TPSA) is 58.2 Å². The second-order valence-corrected chi connectivity index (χ2v) is 7.60. The van der Waals surface area contributed by atoms with Crippen LogP contribution in [0.3, 0.4) is 0 Å². The molecular weight excluding hydrogens is 328 g/mol. The lowest BCUT2D eigenvalue weighted by molar-refractivity contribution is 0.571. The average Bonchev–Trinajstić information content (AvgIpc) is 2.29. The molecule has 0 radical (unpaired) electrons. The summed E-state index contributed by atoms with van der Waals surface area (Å²) in [6, 6.07) is 5.92. The standard InChI is InChI=1S/C13H21BrN2O2S/c1-10(2)15-7-4-8-19(17,18)16-13-9-12(14)6-5-11(13)3/h5-6,9-10,15-16H,4,7-8H2,1-3H3. The Morgan fingerprint density at radius 1 is 1.32 bits per heavy atom. The molecule has 0 aromatic heterocycles. The van der Waals surface area contributed by atoms with Crippen LogP contribution in [0.2, 0.25) is 0 Å². The molecule has 1 aromatic rings. The summed E-state index contributed by atoms with van der Waals surface area (Å²) in [6.07, 6.45) is 0.598. The molecule has 19 heavy (non-hydrogen) atoms. The molecular formula is C13H21BrN2O2S. The maximum absolute atomic E-state index is 12.0. The number of anilines is 1. The number of hydrogen-bond donors (Lipinski definition) is 2. The van der Waals surface area contributed by atoms with Crippen LogP contribution >= 0.6 is 15.9 Å². The molecule has 0 saturated carbocycles. The van der Waals surface area contributed by atoms with E-state index < -0.39 is 10.0 Å². The van der Waals surface area contributed by atoms with E-state index in [4.69, 9.17) is 0 Å². The van der Waals surface area contributed by atoms with Gasteiger partial charge in [-0.25, -0.2) is 8.42 Å². The lowest BCUT2D eigenvalue weighted by atomic mass is 10.2. The molecule has 1 aromatic carbocycles. The molecule has 0 spiro atoms. The summed E-state index contributed by atoms with van der Waals surface area (Å²) in [7, 11) is -3.28. The van der Waals surface area contributed by atoms with E-state index in [9.17, 15) is 8.42 Å². The highest BCUT2D eigenvalue weighted by Gasteiger charge is 2.11. The Morgan fingerprint density at radius 3 is 2.63 bits per heavy atom. The Bertz CT molecular complexity index is 515. The summed E-state index contributed by atoms with van der Waals surface area (Å²) in [5.74, 6) is 0.124. The van der Waals surface area contributed by atoms with Gasteiger partial charge in [-0.2, -0.15) is 0 Å². The fourth-order valence-electron chi connectivity index (χ4n) is 1.58. The summed E-state index contributed by atoms with van der Waals surface area (Å²) in [5, 5.41) is 3.20. The van der Waals surface area contributed by atoms with E-state index in [1.165, 1.54) is 0 Å². The van der Waals surface area contributed by atoms with Crippen molar-refractivity contribution in [3.63, 3.8) is 0 Å². The second-order valence-electron chi connectivity index (χ2n) is 4.84. The fraction of sp³-hybridized carbons (Fsp3) is 0.538. The summed E-state index contributed by atoms with van der Waals surface area (Å²) in [5.41, 5.74) is 1.54. The predicted molar refractivity (Wildman–Crippen MR) is 84.0 cm³/mol. The first-order valence-corrected chi connectivity index (χ1v) is 8.75. The van der Waals surface area contributed by atoms with E-state index >= 15 is 0 Å². The molecule has 0 heterocycles. The molecule has 0 aliphatic heterocycles. The Labute approximate surface area is 124 Å². The largest absolute Gasteiger partial charge is 0.314 e. The minimum absolute atomic E-state index is 0.124. The van der Waals surface area contributed by atoms with E-state index in [1.54, 1.807) is 6.07 Å². The second kappa shape index (κ2) is 7.26. The van der Waals surface area contributed by atoms with Crippen molar-refractivity contribution in [3.8, 4) is 0 Å². The minimum Gasteiger partial charge on any atom is -0.314 e. The smallest absolute Gasteiger partial charge is 0.232 e. The van der Waals surface area contributed by atoms with Gasteiger partial charge in [0.05, 0.1) is 11.4 Å². The number of benzene rings is 1. The van der Waals surface area contributed by atoms with Crippen LogP contribution in [0.4, 0.5) is 5.69 Å². The molecule has 0 unspecified atom stereocenters. The number of sulfonamides is 1. The number of hydrogen-bond acceptors (Lipinski definition) is 3. The highest BCUT2D eigenvalue weighted by atomic mass is 79.9. The molecule has 0 saturated heterocycles. The zero-order valence-electron chi connectivity index (χ0n) is 11.5. The summed E-state index contributed by atoms with van der Waals surface area (Å²) in [6.45, 7) is 6.66. The molecule has 108 valence electrons. The molecule has 1 rings (SSSR count). The van der Waals surface area contributed by atoms with Crippen molar-refractivity contribution in [2.24, 2.45) is 0 Å². The normalized spacial score (nSPS) is 11.8. The van der Waals surface area contributed by atoms with Gasteiger partial charge in [0.25, 0.3) is 0 Å². The van der Waals surface area contributed by atoms with Crippen molar-refractivity contribution in [3.05, 3.63) is 28.2 Å². The molecule has 0 atom stereocenters. The third kappa shape index (κ3) is 6.40. The van der Waals surface area contributed by atoms with E-state index in [0.717, 1.165) is 10.0 Å². The van der Waals surface area contributed by atoms with Crippen LogP contribution in [0.1, 0.15) is 25.8 Å². The van der Waals surface area contributed by atoms with Gasteiger partial charge in [-0.15, -0.1) is 0 Å². The number of halogens is 1. The maximum Gasteiger partial charge on any atom is 0.232 e. The Hall–Kier alpha value is -0.590. The summed E-state index contributed by atoms with van der Waals surface area (Å²) in [4.78, 5) is 0. The van der Waals surface area contributed by atoms with Crippen LogP contribution in [-0.4, -0.2) is 26.8 Å². The molecule has 0 fully saturated rings. The van der Waals surface area contributed by atoms with Gasteiger partial charge in [0.1, 0.15) is 0 Å². The predicted octanol–water partition coefficient (Wildman–Crippen LogP) is 2.89. The lowest BCUT2D eigenvalue weighted by Crippen LogP contribution is -2.26. The Balaban J connectivity index is 2.57. The average molecular weight is 349 g/mol. The molecule has 0 amide bonds. The van der Waals surface area contributed by atoms with Crippen LogP contribution < -0.4 is 10.0 Å². The van der Waals surface area contributed by atoms with Crippen molar-refractivity contribution in [2.75, 3.05) is 17.0 Å². The third-order valence-electron chi connectivity index (χ3n) is 2.61. The first-order valence-electron chi connectivity index (χ1n) is 6.30. The van der Waals surface area contributed by atoms with Crippen molar-refractivity contribution < 1.29 is 8.42 Å². The SMILES string of the molecule is Cc1ccc(Br)cc1NS(=O)(=O)CCCNC(C)C. The van der Waals surface area contributed by atoms with Gasteiger partial charge < -0.3 is 5.32 Å². The van der Waals surface area contributed by atoms with Crippen LogP contribution in [0, 0.1) is 6.92 Å². The van der Waals surface area contributed by atoms with Crippen LogP contribution in [0.25, 0.3) is 0 Å². The molecule has 4 nitrogen and oxygen atoms in total. The van der Waals surface area contributed by atoms with Crippen molar-refractivity contribution in [2.45, 2.75) is 33.2 Å². The maximum atomic E-state index is 12.0. The highest BCUT2D eigenvalue weighted by Crippen LogP contribution is 2.21. The van der Waals surface area contributed by atoms with Gasteiger partial charge in [-0.1, -0.05) is 35.8 Å². The highest BCUT2D eigenvalue weighted by molar-refractivity contribution is 9.10. The Morgan fingerprint density at radius 2 is 2.00 bits per heavy atom. The van der Waals surface area contributed by atoms with Gasteiger partial charge in [-0.3, -0.25) is 4.72 Å². The number of rotatable bonds is 7. The van der Waals surface area contributed by atoms with E-state index in [0.29, 0.717) is 24.7 Å². The first kappa shape index (κ1) is 16.5. The lowest BCUT2D eigenvalue weighted by Gasteiger charge is -2.12. The molecule has 0 bridgehead atoms. The first-order chi connectivity index (χ1) is 8.80. The van der Waals surface area contributed by atoms with Gasteiger partial charge in [0.2, 0.25) is 10.0 Å². The summed E-state index contributed by atoms with van der Waals surface area (Å²) < 4.78 is 27.4. The minimum atomic E-state index is -3.28. The summed E-state index contributed by atoms with van der Waals surface area (Å²) >= 11 is 3.34. The van der Waals surface area contributed by atoms with Gasteiger partial charge in [-0.05, 0) is 37.6 Å². The monoisotopic (exact) mass is 348 g/mol. The fourth-order valence-corrected chi connectivity index (χ4v) is 3.12. The van der Waals surface area contributed by atoms with E-state index in [-0.39, 0.29) is 5.75 Å². The molecule has 0 aliphatic rings. The van der Waals surface area contributed by atoms with Crippen LogP contribution in [-0.2, 0) is 10.0 Å². The van der Waals surface area contributed by atoms with Gasteiger partial charge in [0, 0.05) is 10.5 Å². The molecule has 6 heteroatoms. The van der Waals surface area contributed by atoms with Gasteiger partial charge in [0.15, 0.2) is 0 Å². The zero-order valence-corrected chi connectivity index (χ0v) is 13.9. The number of nitrogens with one attached hydrogen (secondary N) is 2. The Kier molecular flexibility index (Phi) is 6.29. The third-order valence-corrected chi connectivity index (χ3v) is 4.46. The quantitative estimate of drug-likeness (QED) is 0.745. The van der Waals surface area contributed by atoms with Gasteiger partial charge >= 0.3 is 0 Å². The van der Waals surface area contributed by atoms with Crippen LogP contribution in [0.5, 0.6) is 0 Å². The molecule has 2 N–H and O–H groups in total. The van der Waals surface area contributed by atoms with Crippen molar-refractivity contribution in [1.82, 2.24) is 5.32 Å². The molecule has 0 aliphatic carbocycles. The zero-order chi connectivity index (χ0) is 14.5. The van der Waals surface area contributed by atoms with Crippen molar-refractivity contribution >= 4 is 31.6 Å². The van der Waals surface area contributed by atoms with E-state index in [2.05, 4.69) is 26.0 Å².